The molecule has 1 aliphatic rings. The van der Waals surface area contributed by atoms with Gasteiger partial charge in [0.2, 0.25) is 5.91 Å². The van der Waals surface area contributed by atoms with Gasteiger partial charge in [0, 0.05) is 24.8 Å². The molecule has 152 valence electrons. The lowest BCUT2D eigenvalue weighted by atomic mass is 9.77. The molecule has 1 aliphatic heterocycles. The molecule has 1 aromatic heterocycles. The number of thiophene rings is 1. The third-order valence-electron chi connectivity index (χ3n) is 4.89. The number of rotatable bonds is 8. The molecule has 2 N–H and O–H groups in total. The number of hydrogen-bond donors (Lipinski definition) is 2. The zero-order chi connectivity index (χ0) is 21.1. The summed E-state index contributed by atoms with van der Waals surface area (Å²) >= 11 is 1.27. The van der Waals surface area contributed by atoms with Crippen LogP contribution >= 0.6 is 11.3 Å². The number of hydrogen-bond acceptors (Lipinski definition) is 6. The highest BCUT2D eigenvalue weighted by Crippen LogP contribution is 2.39. The van der Waals surface area contributed by atoms with Crippen molar-refractivity contribution < 1.29 is 28.8 Å². The van der Waals surface area contributed by atoms with Gasteiger partial charge < -0.3 is 19.7 Å². The molecule has 0 radical (unpaired) electrons. The summed E-state index contributed by atoms with van der Waals surface area (Å²) in [6.07, 6.45) is 1.62. The first-order valence-corrected chi connectivity index (χ1v) is 9.88. The smallest absolute Gasteiger partial charge is 0.481 e. The Labute approximate surface area is 169 Å². The van der Waals surface area contributed by atoms with Crippen molar-refractivity contribution in [3.05, 3.63) is 27.4 Å². The molecular weight excluding hydrogens is 381 g/mol. The molecule has 0 unspecified atom stereocenters. The molecule has 1 amide bonds. The fraction of sp³-hybridized carbons (Fsp3) is 0.526. The highest BCUT2D eigenvalue weighted by molar-refractivity contribution is 7.15. The SMILES string of the molecule is CC(=O)NCC(=Cc1ccc(C(=O)CCC(=O)O)s1)B1OC(C)(C)C(C)(C)O1. The van der Waals surface area contributed by atoms with E-state index in [1.165, 1.54) is 18.3 Å². The Morgan fingerprint density at radius 3 is 2.29 bits per heavy atom. The van der Waals surface area contributed by atoms with E-state index < -0.39 is 24.3 Å². The summed E-state index contributed by atoms with van der Waals surface area (Å²) in [4.78, 5) is 35.4. The molecule has 7 nitrogen and oxygen atoms in total. The standard InChI is InChI=1S/C19H26BNO6S/c1-12(22)21-11-13(20-26-18(2,3)19(4,5)27-20)10-14-6-8-16(28-14)15(23)7-9-17(24)25/h6,8,10H,7,9,11H2,1-5H3,(H,21,22)(H,24,25). The maximum absolute atomic E-state index is 12.1. The van der Waals surface area contributed by atoms with Crippen molar-refractivity contribution in [3.63, 3.8) is 0 Å². The van der Waals surface area contributed by atoms with Crippen LogP contribution in [0.3, 0.4) is 0 Å². The number of aliphatic carboxylic acids is 1. The maximum Gasteiger partial charge on any atom is 0.492 e. The number of carboxylic acid groups (broad SMARTS) is 1. The summed E-state index contributed by atoms with van der Waals surface area (Å²) in [7, 11) is -0.620. The van der Waals surface area contributed by atoms with Gasteiger partial charge in [-0.25, -0.2) is 0 Å². The second-order valence-electron chi connectivity index (χ2n) is 7.74. The van der Waals surface area contributed by atoms with Crippen molar-refractivity contribution in [2.24, 2.45) is 0 Å². The maximum atomic E-state index is 12.1. The molecule has 0 bridgehead atoms. The van der Waals surface area contributed by atoms with E-state index in [1.807, 2.05) is 33.8 Å². The summed E-state index contributed by atoms with van der Waals surface area (Å²) in [5.74, 6) is -1.37. The van der Waals surface area contributed by atoms with Gasteiger partial charge in [0.05, 0.1) is 22.5 Å². The summed E-state index contributed by atoms with van der Waals surface area (Å²) in [6, 6.07) is 3.47. The van der Waals surface area contributed by atoms with Crippen molar-refractivity contribution in [3.8, 4) is 0 Å². The van der Waals surface area contributed by atoms with Gasteiger partial charge in [-0.15, -0.1) is 11.3 Å². The molecular formula is C19H26BNO6S. The van der Waals surface area contributed by atoms with Gasteiger partial charge in [-0.1, -0.05) is 0 Å². The molecule has 0 aromatic carbocycles. The lowest BCUT2D eigenvalue weighted by Crippen LogP contribution is -2.41. The van der Waals surface area contributed by atoms with Crippen LogP contribution in [-0.4, -0.2) is 47.6 Å². The highest BCUT2D eigenvalue weighted by atomic mass is 32.1. The van der Waals surface area contributed by atoms with E-state index in [4.69, 9.17) is 14.4 Å². The Kier molecular flexibility index (Phi) is 6.85. The fourth-order valence-electron chi connectivity index (χ4n) is 2.53. The van der Waals surface area contributed by atoms with Crippen LogP contribution in [0, 0.1) is 0 Å². The van der Waals surface area contributed by atoms with E-state index in [2.05, 4.69) is 5.32 Å². The molecule has 2 heterocycles. The van der Waals surface area contributed by atoms with Gasteiger partial charge in [0.15, 0.2) is 5.78 Å². The summed E-state index contributed by atoms with van der Waals surface area (Å²) in [6.45, 7) is 9.50. The minimum absolute atomic E-state index is 0.0328. The number of Topliss-reactive ketones (excluding diaryl/α,β-unsaturated/α-hetero) is 1. The van der Waals surface area contributed by atoms with Gasteiger partial charge in [-0.3, -0.25) is 14.4 Å². The van der Waals surface area contributed by atoms with E-state index in [0.717, 1.165) is 10.3 Å². The number of carbonyl (C=O) groups excluding carboxylic acids is 2. The van der Waals surface area contributed by atoms with Gasteiger partial charge in [-0.2, -0.15) is 0 Å². The van der Waals surface area contributed by atoms with Crippen LogP contribution in [0.2, 0.25) is 0 Å². The lowest BCUT2D eigenvalue weighted by molar-refractivity contribution is -0.137. The van der Waals surface area contributed by atoms with E-state index in [9.17, 15) is 14.4 Å². The number of carboxylic acids is 1. The van der Waals surface area contributed by atoms with Crippen LogP contribution in [0.4, 0.5) is 0 Å². The second-order valence-corrected chi connectivity index (χ2v) is 8.85. The number of amides is 1. The number of nitrogens with one attached hydrogen (secondary N) is 1. The van der Waals surface area contributed by atoms with Crippen LogP contribution in [-0.2, 0) is 18.9 Å². The van der Waals surface area contributed by atoms with Crippen LogP contribution in [0.15, 0.2) is 17.6 Å². The number of ketones is 1. The van der Waals surface area contributed by atoms with Crippen molar-refractivity contribution in [2.75, 3.05) is 6.54 Å². The monoisotopic (exact) mass is 407 g/mol. The Bertz CT molecular complexity index is 782. The van der Waals surface area contributed by atoms with Gasteiger partial charge in [-0.05, 0) is 51.4 Å². The van der Waals surface area contributed by atoms with Gasteiger partial charge in [0.25, 0.3) is 0 Å². The Morgan fingerprint density at radius 1 is 1.14 bits per heavy atom. The van der Waals surface area contributed by atoms with Crippen LogP contribution in [0.5, 0.6) is 0 Å². The summed E-state index contributed by atoms with van der Waals surface area (Å²) < 4.78 is 12.2. The Morgan fingerprint density at radius 2 is 1.75 bits per heavy atom. The second kappa shape index (κ2) is 8.59. The molecule has 0 spiro atoms. The molecule has 0 saturated carbocycles. The highest BCUT2D eigenvalue weighted by Gasteiger charge is 2.52. The predicted molar refractivity (Wildman–Crippen MR) is 108 cm³/mol. The predicted octanol–water partition coefficient (Wildman–Crippen LogP) is 2.95. The molecule has 1 saturated heterocycles. The average molecular weight is 407 g/mol. The van der Waals surface area contributed by atoms with Gasteiger partial charge in [0.1, 0.15) is 0 Å². The first-order chi connectivity index (χ1) is 12.9. The minimum Gasteiger partial charge on any atom is -0.481 e. The Balaban J connectivity index is 2.22. The third-order valence-corrected chi connectivity index (χ3v) is 5.97. The van der Waals surface area contributed by atoms with E-state index in [-0.39, 0.29) is 31.1 Å². The third kappa shape index (κ3) is 5.53. The fourth-order valence-corrected chi connectivity index (χ4v) is 3.48. The summed E-state index contributed by atoms with van der Waals surface area (Å²) in [5.41, 5.74) is -0.291. The van der Waals surface area contributed by atoms with E-state index in [0.29, 0.717) is 4.88 Å². The molecule has 9 heteroatoms. The number of carbonyl (C=O) groups is 3. The van der Waals surface area contributed by atoms with Crippen LogP contribution in [0.25, 0.3) is 6.08 Å². The summed E-state index contributed by atoms with van der Waals surface area (Å²) in [5, 5.41) is 11.5. The quantitative estimate of drug-likeness (QED) is 0.508. The molecule has 1 fully saturated rings. The topological polar surface area (TPSA) is 102 Å². The normalized spacial score (nSPS) is 18.2. The first kappa shape index (κ1) is 22.3. The molecule has 0 aliphatic carbocycles. The van der Waals surface area contributed by atoms with Crippen LogP contribution in [0.1, 0.15) is 62.0 Å². The van der Waals surface area contributed by atoms with Crippen molar-refractivity contribution in [1.29, 1.82) is 0 Å². The Hall–Kier alpha value is -1.97. The molecule has 28 heavy (non-hydrogen) atoms. The largest absolute Gasteiger partial charge is 0.492 e. The average Bonchev–Trinajstić information content (AvgIpc) is 3.11. The zero-order valence-electron chi connectivity index (χ0n) is 16.8. The van der Waals surface area contributed by atoms with E-state index >= 15 is 0 Å². The van der Waals surface area contributed by atoms with Crippen molar-refractivity contribution in [2.45, 2.75) is 58.7 Å². The van der Waals surface area contributed by atoms with Gasteiger partial charge >= 0.3 is 13.1 Å². The van der Waals surface area contributed by atoms with E-state index in [1.54, 1.807) is 12.1 Å². The lowest BCUT2D eigenvalue weighted by Gasteiger charge is -2.32. The zero-order valence-corrected chi connectivity index (χ0v) is 17.6. The van der Waals surface area contributed by atoms with Crippen LogP contribution < -0.4 is 5.32 Å². The van der Waals surface area contributed by atoms with Crippen molar-refractivity contribution in [1.82, 2.24) is 5.32 Å². The minimum atomic E-state index is -0.997. The van der Waals surface area contributed by atoms with Crippen molar-refractivity contribution >= 4 is 42.2 Å². The molecule has 1 aromatic rings. The first-order valence-electron chi connectivity index (χ1n) is 9.06. The molecule has 2 rings (SSSR count). The molecule has 0 atom stereocenters.